The molecule has 1 fully saturated rings. The fourth-order valence-corrected chi connectivity index (χ4v) is 2.91. The number of oxime groups is 1. The normalized spacial score (nSPS) is 20.2. The molecule has 0 bridgehead atoms. The van der Waals surface area contributed by atoms with Crippen LogP contribution in [-0.4, -0.2) is 36.1 Å². The summed E-state index contributed by atoms with van der Waals surface area (Å²) >= 11 is 0. The van der Waals surface area contributed by atoms with E-state index in [0.29, 0.717) is 11.3 Å². The number of hydrogen-bond acceptors (Lipinski definition) is 4. The summed E-state index contributed by atoms with van der Waals surface area (Å²) in [6.45, 7) is 7.80. The van der Waals surface area contributed by atoms with Gasteiger partial charge in [-0.1, -0.05) is 25.1 Å². The van der Waals surface area contributed by atoms with Gasteiger partial charge in [-0.2, -0.15) is 0 Å². The van der Waals surface area contributed by atoms with E-state index in [1.165, 1.54) is 12.0 Å². The van der Waals surface area contributed by atoms with Gasteiger partial charge >= 0.3 is 0 Å². The molecule has 5 nitrogen and oxygen atoms in total. The first-order valence-corrected chi connectivity index (χ1v) is 7.42. The van der Waals surface area contributed by atoms with Gasteiger partial charge < -0.3 is 15.7 Å². The number of hydrogen-bond donors (Lipinski definition) is 2. The van der Waals surface area contributed by atoms with Crippen LogP contribution in [0.3, 0.4) is 0 Å². The van der Waals surface area contributed by atoms with Crippen molar-refractivity contribution >= 4 is 5.84 Å². The molecule has 0 radical (unpaired) electrons. The molecule has 1 heterocycles. The minimum Gasteiger partial charge on any atom is -0.496 e. The maximum Gasteiger partial charge on any atom is 0.173 e. The topological polar surface area (TPSA) is 71.1 Å². The van der Waals surface area contributed by atoms with Crippen molar-refractivity contribution in [3.8, 4) is 5.75 Å². The average molecular weight is 291 g/mol. The molecular weight excluding hydrogens is 266 g/mol. The van der Waals surface area contributed by atoms with Crippen molar-refractivity contribution in [3.63, 3.8) is 0 Å². The van der Waals surface area contributed by atoms with Crippen molar-refractivity contribution < 1.29 is 9.94 Å². The van der Waals surface area contributed by atoms with E-state index >= 15 is 0 Å². The molecular formula is C16H25N3O2. The van der Waals surface area contributed by atoms with Crippen LogP contribution in [0.2, 0.25) is 0 Å². The number of benzene rings is 1. The Morgan fingerprint density at radius 2 is 2.29 bits per heavy atom. The molecule has 116 valence electrons. The van der Waals surface area contributed by atoms with Gasteiger partial charge in [0.05, 0.1) is 12.7 Å². The number of amidine groups is 1. The first kappa shape index (κ1) is 15.6. The van der Waals surface area contributed by atoms with Crippen molar-refractivity contribution in [2.24, 2.45) is 22.7 Å². The van der Waals surface area contributed by atoms with E-state index in [2.05, 4.69) is 23.9 Å². The van der Waals surface area contributed by atoms with E-state index in [0.717, 1.165) is 31.5 Å². The maximum atomic E-state index is 8.79. The van der Waals surface area contributed by atoms with E-state index in [1.54, 1.807) is 7.11 Å². The quantitative estimate of drug-likeness (QED) is 0.378. The third-order valence-electron chi connectivity index (χ3n) is 4.31. The van der Waals surface area contributed by atoms with Gasteiger partial charge in [-0.25, -0.2) is 0 Å². The highest BCUT2D eigenvalue weighted by Gasteiger charge is 2.24. The molecule has 0 saturated carbocycles. The maximum absolute atomic E-state index is 8.79. The third-order valence-corrected chi connectivity index (χ3v) is 4.31. The van der Waals surface area contributed by atoms with E-state index < -0.39 is 0 Å². The molecule has 5 heteroatoms. The lowest BCUT2D eigenvalue weighted by Gasteiger charge is -2.18. The van der Waals surface area contributed by atoms with Crippen LogP contribution in [-0.2, 0) is 6.54 Å². The Labute approximate surface area is 126 Å². The van der Waals surface area contributed by atoms with Crippen LogP contribution in [0.1, 0.15) is 31.4 Å². The number of rotatable bonds is 5. The molecule has 21 heavy (non-hydrogen) atoms. The Balaban J connectivity index is 2.08. The predicted octanol–water partition coefficient (Wildman–Crippen LogP) is 2.27. The second-order valence-electron chi connectivity index (χ2n) is 6.05. The summed E-state index contributed by atoms with van der Waals surface area (Å²) in [5, 5.41) is 11.8. The van der Waals surface area contributed by atoms with Gasteiger partial charge in [0.1, 0.15) is 5.75 Å². The Morgan fingerprint density at radius 1 is 1.52 bits per heavy atom. The van der Waals surface area contributed by atoms with Crippen LogP contribution in [0.15, 0.2) is 23.4 Å². The van der Waals surface area contributed by atoms with Crippen molar-refractivity contribution in [3.05, 3.63) is 29.3 Å². The van der Waals surface area contributed by atoms with Gasteiger partial charge in [-0.05, 0) is 42.5 Å². The van der Waals surface area contributed by atoms with E-state index in [1.807, 2.05) is 18.2 Å². The number of nitrogens with zero attached hydrogens (tertiary/aromatic N) is 2. The highest BCUT2D eigenvalue weighted by Crippen LogP contribution is 2.26. The molecule has 0 aliphatic carbocycles. The molecule has 1 aliphatic rings. The number of ether oxygens (including phenoxy) is 1. The van der Waals surface area contributed by atoms with Gasteiger partial charge in [0.15, 0.2) is 5.84 Å². The number of methoxy groups -OCH3 is 1. The summed E-state index contributed by atoms with van der Waals surface area (Å²) in [7, 11) is 1.60. The lowest BCUT2D eigenvalue weighted by atomic mass is 9.95. The Kier molecular flexibility index (Phi) is 5.07. The molecule has 0 amide bonds. The zero-order valence-corrected chi connectivity index (χ0v) is 13.0. The van der Waals surface area contributed by atoms with Crippen LogP contribution < -0.4 is 10.5 Å². The number of nitrogens with two attached hydrogens (primary N) is 1. The van der Waals surface area contributed by atoms with E-state index in [-0.39, 0.29) is 5.84 Å². The summed E-state index contributed by atoms with van der Waals surface area (Å²) in [5.74, 6) is 2.25. The SMILES string of the molecule is COc1cc(CN2CCC(C(C)C)C2)ccc1/C(N)=N/O. The molecule has 1 aromatic rings. The Bertz CT molecular complexity index is 514. The van der Waals surface area contributed by atoms with Crippen molar-refractivity contribution in [1.29, 1.82) is 0 Å². The summed E-state index contributed by atoms with van der Waals surface area (Å²) in [6, 6.07) is 5.83. The monoisotopic (exact) mass is 291 g/mol. The molecule has 0 aromatic heterocycles. The summed E-state index contributed by atoms with van der Waals surface area (Å²) in [5.41, 5.74) is 7.45. The van der Waals surface area contributed by atoms with Crippen molar-refractivity contribution in [1.82, 2.24) is 4.90 Å². The smallest absolute Gasteiger partial charge is 0.173 e. The highest BCUT2D eigenvalue weighted by molar-refractivity contribution is 5.99. The molecule has 0 spiro atoms. The zero-order valence-electron chi connectivity index (χ0n) is 13.0. The fraction of sp³-hybridized carbons (Fsp3) is 0.562. The molecule has 2 rings (SSSR count). The van der Waals surface area contributed by atoms with Crippen LogP contribution >= 0.6 is 0 Å². The van der Waals surface area contributed by atoms with Gasteiger partial charge in [0, 0.05) is 13.1 Å². The molecule has 1 saturated heterocycles. The fourth-order valence-electron chi connectivity index (χ4n) is 2.91. The van der Waals surface area contributed by atoms with Crippen LogP contribution in [0.4, 0.5) is 0 Å². The molecule has 1 atom stereocenters. The van der Waals surface area contributed by atoms with Gasteiger partial charge in [-0.15, -0.1) is 0 Å². The lowest BCUT2D eigenvalue weighted by molar-refractivity contribution is 0.296. The van der Waals surface area contributed by atoms with Crippen LogP contribution in [0, 0.1) is 11.8 Å². The van der Waals surface area contributed by atoms with Crippen molar-refractivity contribution in [2.75, 3.05) is 20.2 Å². The second kappa shape index (κ2) is 6.80. The lowest BCUT2D eigenvalue weighted by Crippen LogP contribution is -2.21. The predicted molar refractivity (Wildman–Crippen MR) is 83.7 cm³/mol. The molecule has 3 N–H and O–H groups in total. The Morgan fingerprint density at radius 3 is 2.86 bits per heavy atom. The minimum absolute atomic E-state index is 0.0689. The summed E-state index contributed by atoms with van der Waals surface area (Å²) in [6.07, 6.45) is 1.27. The third kappa shape index (κ3) is 3.67. The molecule has 1 aliphatic heterocycles. The second-order valence-corrected chi connectivity index (χ2v) is 6.05. The summed E-state index contributed by atoms with van der Waals surface area (Å²) < 4.78 is 5.34. The number of likely N-dealkylation sites (tertiary alicyclic amines) is 1. The minimum atomic E-state index is 0.0689. The average Bonchev–Trinajstić information content (AvgIpc) is 2.95. The highest BCUT2D eigenvalue weighted by atomic mass is 16.5. The van der Waals surface area contributed by atoms with Crippen LogP contribution in [0.5, 0.6) is 5.75 Å². The standard InChI is InChI=1S/C16H25N3O2/c1-11(2)13-6-7-19(10-13)9-12-4-5-14(16(17)18-20)15(8-12)21-3/h4-5,8,11,13,20H,6-7,9-10H2,1-3H3,(H2,17,18). The van der Waals surface area contributed by atoms with Gasteiger partial charge in [0.25, 0.3) is 0 Å². The van der Waals surface area contributed by atoms with Gasteiger partial charge in [0.2, 0.25) is 0 Å². The van der Waals surface area contributed by atoms with E-state index in [9.17, 15) is 0 Å². The first-order valence-electron chi connectivity index (χ1n) is 7.42. The first-order chi connectivity index (χ1) is 10.0. The summed E-state index contributed by atoms with van der Waals surface area (Å²) in [4.78, 5) is 2.47. The molecule has 1 aromatic carbocycles. The van der Waals surface area contributed by atoms with Crippen LogP contribution in [0.25, 0.3) is 0 Å². The van der Waals surface area contributed by atoms with Crippen molar-refractivity contribution in [2.45, 2.75) is 26.8 Å². The Hall–Kier alpha value is -1.75. The van der Waals surface area contributed by atoms with Gasteiger partial charge in [-0.3, -0.25) is 4.90 Å². The van der Waals surface area contributed by atoms with E-state index in [4.69, 9.17) is 15.7 Å². The zero-order chi connectivity index (χ0) is 15.4. The molecule has 1 unspecified atom stereocenters. The largest absolute Gasteiger partial charge is 0.496 e.